The number of hydrogen-bond donors (Lipinski definition) is 0. The van der Waals surface area contributed by atoms with Gasteiger partial charge in [-0.3, -0.25) is 0 Å². The van der Waals surface area contributed by atoms with E-state index in [0.29, 0.717) is 10.6 Å². The standard InChI is InChI=1S/C15H19ClF3N/c1-2-7-20-8-5-11(6-9-20)13-10-12(15(17,18)19)3-4-14(13)16/h3-4,10-11H,2,5-9H2,1H3. The minimum atomic E-state index is -4.30. The van der Waals surface area contributed by atoms with E-state index in [1.165, 1.54) is 12.1 Å². The lowest BCUT2D eigenvalue weighted by atomic mass is 9.88. The second-order valence-electron chi connectivity index (χ2n) is 5.35. The van der Waals surface area contributed by atoms with E-state index < -0.39 is 11.7 Å². The third-order valence-corrected chi connectivity index (χ3v) is 4.23. The number of rotatable bonds is 3. The Morgan fingerprint density at radius 2 is 1.90 bits per heavy atom. The molecule has 0 atom stereocenters. The van der Waals surface area contributed by atoms with Crippen molar-refractivity contribution in [3.63, 3.8) is 0 Å². The topological polar surface area (TPSA) is 3.24 Å². The average molecular weight is 306 g/mol. The minimum absolute atomic E-state index is 0.137. The van der Waals surface area contributed by atoms with Crippen molar-refractivity contribution < 1.29 is 13.2 Å². The highest BCUT2D eigenvalue weighted by Crippen LogP contribution is 2.37. The molecule has 0 bridgehead atoms. The third-order valence-electron chi connectivity index (χ3n) is 3.89. The Bertz CT molecular complexity index is 451. The van der Waals surface area contributed by atoms with Crippen LogP contribution in [0, 0.1) is 0 Å². The normalized spacial score (nSPS) is 18.4. The number of alkyl halides is 3. The summed E-state index contributed by atoms with van der Waals surface area (Å²) in [6, 6.07) is 3.65. The zero-order valence-corrected chi connectivity index (χ0v) is 12.3. The molecule has 0 aliphatic carbocycles. The van der Waals surface area contributed by atoms with Crippen LogP contribution >= 0.6 is 11.6 Å². The van der Waals surface area contributed by atoms with Crippen LogP contribution in [0.2, 0.25) is 5.02 Å². The fourth-order valence-corrected chi connectivity index (χ4v) is 3.09. The zero-order valence-electron chi connectivity index (χ0n) is 11.5. The maximum absolute atomic E-state index is 12.8. The first-order valence-electron chi connectivity index (χ1n) is 7.00. The first-order chi connectivity index (χ1) is 9.41. The molecule has 0 unspecified atom stereocenters. The molecule has 1 aliphatic heterocycles. The second kappa shape index (κ2) is 6.35. The SMILES string of the molecule is CCCN1CCC(c2cc(C(F)(F)F)ccc2Cl)CC1. The largest absolute Gasteiger partial charge is 0.416 e. The van der Waals surface area contributed by atoms with Gasteiger partial charge in [-0.25, -0.2) is 0 Å². The van der Waals surface area contributed by atoms with Gasteiger partial charge in [-0.15, -0.1) is 0 Å². The summed E-state index contributed by atoms with van der Waals surface area (Å²) in [6.07, 6.45) is -1.45. The Morgan fingerprint density at radius 1 is 1.25 bits per heavy atom. The molecule has 0 saturated carbocycles. The summed E-state index contributed by atoms with van der Waals surface area (Å²) in [4.78, 5) is 2.36. The van der Waals surface area contributed by atoms with Crippen LogP contribution in [0.25, 0.3) is 0 Å². The molecule has 112 valence electrons. The van der Waals surface area contributed by atoms with Crippen LogP contribution < -0.4 is 0 Å². The molecule has 1 aromatic rings. The van der Waals surface area contributed by atoms with E-state index in [0.717, 1.165) is 45.0 Å². The molecule has 1 heterocycles. The first-order valence-corrected chi connectivity index (χ1v) is 7.38. The maximum atomic E-state index is 12.8. The monoisotopic (exact) mass is 305 g/mol. The van der Waals surface area contributed by atoms with Crippen LogP contribution in [0.4, 0.5) is 13.2 Å². The molecule has 1 fully saturated rings. The summed E-state index contributed by atoms with van der Waals surface area (Å²) in [5.74, 6) is 0.137. The van der Waals surface area contributed by atoms with Gasteiger partial charge in [0.2, 0.25) is 0 Å². The molecular weight excluding hydrogens is 287 g/mol. The van der Waals surface area contributed by atoms with Crippen molar-refractivity contribution in [2.24, 2.45) is 0 Å². The van der Waals surface area contributed by atoms with Crippen LogP contribution in [-0.4, -0.2) is 24.5 Å². The highest BCUT2D eigenvalue weighted by molar-refractivity contribution is 6.31. The van der Waals surface area contributed by atoms with Crippen LogP contribution in [0.15, 0.2) is 18.2 Å². The van der Waals surface area contributed by atoms with Crippen LogP contribution in [-0.2, 0) is 6.18 Å². The van der Waals surface area contributed by atoms with Crippen molar-refractivity contribution in [3.8, 4) is 0 Å². The van der Waals surface area contributed by atoms with E-state index >= 15 is 0 Å². The third kappa shape index (κ3) is 3.67. The van der Waals surface area contributed by atoms with Gasteiger partial charge in [0.15, 0.2) is 0 Å². The number of benzene rings is 1. The van der Waals surface area contributed by atoms with E-state index in [-0.39, 0.29) is 5.92 Å². The summed E-state index contributed by atoms with van der Waals surface area (Å²) in [5.41, 5.74) is 0.0468. The molecule has 1 nitrogen and oxygen atoms in total. The van der Waals surface area contributed by atoms with Gasteiger partial charge < -0.3 is 4.90 Å². The van der Waals surface area contributed by atoms with Gasteiger partial charge in [-0.1, -0.05) is 18.5 Å². The van der Waals surface area contributed by atoms with Crippen molar-refractivity contribution >= 4 is 11.6 Å². The molecule has 1 aliphatic rings. The number of halogens is 4. The van der Waals surface area contributed by atoms with E-state index in [1.807, 2.05) is 0 Å². The molecule has 1 saturated heterocycles. The van der Waals surface area contributed by atoms with Gasteiger partial charge in [0, 0.05) is 5.02 Å². The van der Waals surface area contributed by atoms with Gasteiger partial charge in [0.25, 0.3) is 0 Å². The van der Waals surface area contributed by atoms with Crippen LogP contribution in [0.3, 0.4) is 0 Å². The number of piperidine rings is 1. The Hall–Kier alpha value is -0.740. The molecule has 0 amide bonds. The summed E-state index contributed by atoms with van der Waals surface area (Å²) in [6.45, 7) is 5.06. The van der Waals surface area contributed by atoms with Gasteiger partial charge in [-0.05, 0) is 68.6 Å². The molecule has 0 spiro atoms. The second-order valence-corrected chi connectivity index (χ2v) is 5.76. The quantitative estimate of drug-likeness (QED) is 0.764. The summed E-state index contributed by atoms with van der Waals surface area (Å²) < 4.78 is 38.3. The molecule has 1 aromatic carbocycles. The fraction of sp³-hybridized carbons (Fsp3) is 0.600. The fourth-order valence-electron chi connectivity index (χ4n) is 2.82. The number of nitrogens with zero attached hydrogens (tertiary/aromatic N) is 1. The minimum Gasteiger partial charge on any atom is -0.303 e. The van der Waals surface area contributed by atoms with E-state index in [4.69, 9.17) is 11.6 Å². The number of hydrogen-bond acceptors (Lipinski definition) is 1. The van der Waals surface area contributed by atoms with Gasteiger partial charge in [0.1, 0.15) is 0 Å². The van der Waals surface area contributed by atoms with Gasteiger partial charge in [0.05, 0.1) is 5.56 Å². The van der Waals surface area contributed by atoms with E-state index in [2.05, 4.69) is 11.8 Å². The average Bonchev–Trinajstić information content (AvgIpc) is 2.39. The lowest BCUT2D eigenvalue weighted by Crippen LogP contribution is -2.33. The van der Waals surface area contributed by atoms with Gasteiger partial charge >= 0.3 is 6.18 Å². The van der Waals surface area contributed by atoms with Gasteiger partial charge in [-0.2, -0.15) is 13.2 Å². The molecule has 0 aromatic heterocycles. The predicted octanol–water partition coefficient (Wildman–Crippen LogP) is 4.95. The highest BCUT2D eigenvalue weighted by atomic mass is 35.5. The Morgan fingerprint density at radius 3 is 2.45 bits per heavy atom. The van der Waals surface area contributed by atoms with Crippen molar-refractivity contribution in [3.05, 3.63) is 34.3 Å². The molecule has 0 N–H and O–H groups in total. The highest BCUT2D eigenvalue weighted by Gasteiger charge is 2.32. The maximum Gasteiger partial charge on any atom is 0.416 e. The molecule has 5 heteroatoms. The molecule has 20 heavy (non-hydrogen) atoms. The van der Waals surface area contributed by atoms with E-state index in [9.17, 15) is 13.2 Å². The predicted molar refractivity (Wildman–Crippen MR) is 75.2 cm³/mol. The Labute approximate surface area is 122 Å². The Balaban J connectivity index is 2.13. The smallest absolute Gasteiger partial charge is 0.303 e. The summed E-state index contributed by atoms with van der Waals surface area (Å²) in [7, 11) is 0. The van der Waals surface area contributed by atoms with Crippen molar-refractivity contribution in [2.45, 2.75) is 38.3 Å². The summed E-state index contributed by atoms with van der Waals surface area (Å²) >= 11 is 6.10. The van der Waals surface area contributed by atoms with Crippen molar-refractivity contribution in [1.29, 1.82) is 0 Å². The summed E-state index contributed by atoms with van der Waals surface area (Å²) in [5, 5.41) is 0.451. The van der Waals surface area contributed by atoms with Crippen molar-refractivity contribution in [1.82, 2.24) is 4.90 Å². The number of likely N-dealkylation sites (tertiary alicyclic amines) is 1. The first kappa shape index (κ1) is 15.6. The van der Waals surface area contributed by atoms with Crippen LogP contribution in [0.1, 0.15) is 43.2 Å². The van der Waals surface area contributed by atoms with Crippen molar-refractivity contribution in [2.75, 3.05) is 19.6 Å². The van der Waals surface area contributed by atoms with Crippen LogP contribution in [0.5, 0.6) is 0 Å². The molecule has 0 radical (unpaired) electrons. The Kier molecular flexibility index (Phi) is 4.97. The lowest BCUT2D eigenvalue weighted by molar-refractivity contribution is -0.137. The zero-order chi connectivity index (χ0) is 14.8. The molecular formula is C15H19ClF3N. The lowest BCUT2D eigenvalue weighted by Gasteiger charge is -2.32. The molecule has 2 rings (SSSR count). The van der Waals surface area contributed by atoms with E-state index in [1.54, 1.807) is 0 Å².